The van der Waals surface area contributed by atoms with Gasteiger partial charge in [0.2, 0.25) is 5.91 Å². The smallest absolute Gasteiger partial charge is 0.323 e. The lowest BCUT2D eigenvalue weighted by Gasteiger charge is -2.22. The van der Waals surface area contributed by atoms with E-state index in [9.17, 15) is 18.4 Å². The van der Waals surface area contributed by atoms with E-state index in [1.54, 1.807) is 18.2 Å². The molecule has 0 radical (unpaired) electrons. The zero-order valence-corrected chi connectivity index (χ0v) is 14.1. The Labute approximate surface area is 148 Å². The lowest BCUT2D eigenvalue weighted by atomic mass is 9.77. The number of carboxylic acids is 1. The third-order valence-electron chi connectivity index (χ3n) is 4.54. The summed E-state index contributed by atoms with van der Waals surface area (Å²) in [4.78, 5) is 25.5. The van der Waals surface area contributed by atoms with Crippen LogP contribution in [0, 0.1) is 11.6 Å². The van der Waals surface area contributed by atoms with E-state index in [4.69, 9.17) is 9.84 Å². The van der Waals surface area contributed by atoms with Crippen molar-refractivity contribution in [2.45, 2.75) is 5.41 Å². The van der Waals surface area contributed by atoms with Crippen molar-refractivity contribution in [2.24, 2.45) is 0 Å². The lowest BCUT2D eigenvalue weighted by Crippen LogP contribution is -2.44. The van der Waals surface area contributed by atoms with E-state index >= 15 is 0 Å². The standard InChI is InChI=1S/C17H10BrF2NO4/c18-9-2-1-3-12-15(9)17(16(24)21(12)6-14(22)23)7-25-13-5-11(20)10(19)4-8(13)17/h1-5H,6-7H2,(H,22,23). The third kappa shape index (κ3) is 2.03. The molecule has 1 atom stereocenters. The quantitative estimate of drug-likeness (QED) is 0.827. The molecule has 1 unspecified atom stereocenters. The number of rotatable bonds is 2. The van der Waals surface area contributed by atoms with Gasteiger partial charge in [0.25, 0.3) is 0 Å². The number of aliphatic carboxylic acids is 1. The molecule has 0 aromatic heterocycles. The summed E-state index contributed by atoms with van der Waals surface area (Å²) in [5, 5.41) is 9.15. The van der Waals surface area contributed by atoms with E-state index in [0.29, 0.717) is 15.7 Å². The molecule has 2 aliphatic rings. The monoisotopic (exact) mass is 409 g/mol. The van der Waals surface area contributed by atoms with Crippen molar-refractivity contribution in [1.82, 2.24) is 0 Å². The molecule has 128 valence electrons. The molecule has 5 nitrogen and oxygen atoms in total. The Hall–Kier alpha value is -2.48. The molecule has 0 fully saturated rings. The highest BCUT2D eigenvalue weighted by Gasteiger charge is 2.58. The largest absolute Gasteiger partial charge is 0.491 e. The van der Waals surface area contributed by atoms with Gasteiger partial charge in [-0.05, 0) is 18.2 Å². The number of ether oxygens (including phenoxy) is 1. The Morgan fingerprint density at radius 1 is 1.32 bits per heavy atom. The van der Waals surface area contributed by atoms with Gasteiger partial charge in [-0.2, -0.15) is 0 Å². The summed E-state index contributed by atoms with van der Waals surface area (Å²) >= 11 is 3.39. The number of amides is 1. The number of fused-ring (bicyclic) bond motifs is 4. The van der Waals surface area contributed by atoms with Crippen LogP contribution in [0.25, 0.3) is 0 Å². The van der Waals surface area contributed by atoms with Gasteiger partial charge in [-0.1, -0.05) is 22.0 Å². The van der Waals surface area contributed by atoms with Gasteiger partial charge < -0.3 is 9.84 Å². The van der Waals surface area contributed by atoms with Crippen molar-refractivity contribution in [3.63, 3.8) is 0 Å². The Kier molecular flexibility index (Phi) is 3.37. The van der Waals surface area contributed by atoms with Crippen LogP contribution in [-0.2, 0) is 15.0 Å². The summed E-state index contributed by atoms with van der Waals surface area (Å²) in [5.74, 6) is -3.81. The van der Waals surface area contributed by atoms with Crippen LogP contribution in [0.15, 0.2) is 34.8 Å². The number of hydrogen-bond acceptors (Lipinski definition) is 3. The van der Waals surface area contributed by atoms with E-state index in [0.717, 1.165) is 17.0 Å². The number of carboxylic acid groups (broad SMARTS) is 1. The molecule has 4 rings (SSSR count). The van der Waals surface area contributed by atoms with E-state index in [-0.39, 0.29) is 17.9 Å². The number of halogens is 3. The molecule has 2 aliphatic heterocycles. The van der Waals surface area contributed by atoms with Crippen LogP contribution in [0.3, 0.4) is 0 Å². The number of carbonyl (C=O) groups excluding carboxylic acids is 1. The Morgan fingerprint density at radius 2 is 2.04 bits per heavy atom. The topological polar surface area (TPSA) is 66.8 Å². The molecule has 0 bridgehead atoms. The first kappa shape index (κ1) is 16.0. The maximum absolute atomic E-state index is 13.9. The average Bonchev–Trinajstić information content (AvgIpc) is 3.01. The van der Waals surface area contributed by atoms with Crippen LogP contribution >= 0.6 is 15.9 Å². The molecule has 1 amide bonds. The Bertz CT molecular complexity index is 948. The van der Waals surface area contributed by atoms with Gasteiger partial charge in [-0.25, -0.2) is 8.78 Å². The highest BCUT2D eigenvalue weighted by molar-refractivity contribution is 9.10. The predicted octanol–water partition coefficient (Wildman–Crippen LogP) is 2.84. The fourth-order valence-corrected chi connectivity index (χ4v) is 4.22. The fourth-order valence-electron chi connectivity index (χ4n) is 3.53. The van der Waals surface area contributed by atoms with Gasteiger partial charge in [0, 0.05) is 21.7 Å². The van der Waals surface area contributed by atoms with Crippen molar-refractivity contribution >= 4 is 33.5 Å². The molecule has 0 saturated carbocycles. The number of carbonyl (C=O) groups is 2. The van der Waals surface area contributed by atoms with Crippen molar-refractivity contribution in [2.75, 3.05) is 18.1 Å². The molecule has 25 heavy (non-hydrogen) atoms. The molecule has 1 N–H and O–H groups in total. The summed E-state index contributed by atoms with van der Waals surface area (Å²) < 4.78 is 33.4. The van der Waals surface area contributed by atoms with Crippen LogP contribution in [0.1, 0.15) is 11.1 Å². The summed E-state index contributed by atoms with van der Waals surface area (Å²) in [6, 6.07) is 6.85. The summed E-state index contributed by atoms with van der Waals surface area (Å²) in [6.07, 6.45) is 0. The summed E-state index contributed by atoms with van der Waals surface area (Å²) in [7, 11) is 0. The van der Waals surface area contributed by atoms with E-state index in [1.165, 1.54) is 0 Å². The second-order valence-electron chi connectivity index (χ2n) is 5.88. The molecule has 1 spiro atoms. The van der Waals surface area contributed by atoms with Crippen LogP contribution in [-0.4, -0.2) is 30.1 Å². The van der Waals surface area contributed by atoms with Crippen LogP contribution < -0.4 is 9.64 Å². The van der Waals surface area contributed by atoms with Crippen molar-refractivity contribution in [3.05, 3.63) is 57.6 Å². The highest BCUT2D eigenvalue weighted by Crippen LogP contribution is 2.54. The number of benzene rings is 2. The van der Waals surface area contributed by atoms with Gasteiger partial charge in [0.15, 0.2) is 11.6 Å². The zero-order chi connectivity index (χ0) is 17.9. The minimum absolute atomic E-state index is 0.0751. The van der Waals surface area contributed by atoms with E-state index < -0.39 is 35.5 Å². The highest BCUT2D eigenvalue weighted by atomic mass is 79.9. The van der Waals surface area contributed by atoms with Crippen molar-refractivity contribution in [1.29, 1.82) is 0 Å². The molecule has 2 heterocycles. The molecular weight excluding hydrogens is 400 g/mol. The van der Waals surface area contributed by atoms with Crippen molar-refractivity contribution < 1.29 is 28.2 Å². The van der Waals surface area contributed by atoms with Gasteiger partial charge >= 0.3 is 5.97 Å². The zero-order valence-electron chi connectivity index (χ0n) is 12.6. The Morgan fingerprint density at radius 3 is 2.76 bits per heavy atom. The predicted molar refractivity (Wildman–Crippen MR) is 86.8 cm³/mol. The summed E-state index contributed by atoms with van der Waals surface area (Å²) in [5.41, 5.74) is -0.319. The van der Waals surface area contributed by atoms with E-state index in [2.05, 4.69) is 15.9 Å². The van der Waals surface area contributed by atoms with Gasteiger partial charge in [-0.15, -0.1) is 0 Å². The van der Waals surface area contributed by atoms with E-state index in [1.807, 2.05) is 0 Å². The molecule has 2 aromatic carbocycles. The van der Waals surface area contributed by atoms with Crippen molar-refractivity contribution in [3.8, 4) is 5.75 Å². The normalized spacial score (nSPS) is 20.6. The second-order valence-corrected chi connectivity index (χ2v) is 6.73. The van der Waals surface area contributed by atoms with Crippen LogP contribution in [0.5, 0.6) is 5.75 Å². The molecular formula is C17H10BrF2NO4. The minimum Gasteiger partial charge on any atom is -0.491 e. The first-order chi connectivity index (χ1) is 11.9. The average molecular weight is 410 g/mol. The van der Waals surface area contributed by atoms with Gasteiger partial charge in [0.05, 0.1) is 5.69 Å². The fraction of sp³-hybridized carbons (Fsp3) is 0.176. The number of hydrogen-bond donors (Lipinski definition) is 1. The maximum atomic E-state index is 13.9. The molecule has 8 heteroatoms. The molecule has 0 aliphatic carbocycles. The number of nitrogens with zero attached hydrogens (tertiary/aromatic N) is 1. The minimum atomic E-state index is -1.41. The van der Waals surface area contributed by atoms with Gasteiger partial charge in [0.1, 0.15) is 24.3 Å². The summed E-state index contributed by atoms with van der Waals surface area (Å²) in [6.45, 7) is -0.696. The van der Waals surface area contributed by atoms with Gasteiger partial charge in [-0.3, -0.25) is 14.5 Å². The number of anilines is 1. The molecule has 2 aromatic rings. The van der Waals surface area contributed by atoms with Crippen LogP contribution in [0.2, 0.25) is 0 Å². The lowest BCUT2D eigenvalue weighted by molar-refractivity contribution is -0.137. The molecule has 0 saturated heterocycles. The third-order valence-corrected chi connectivity index (χ3v) is 5.20. The maximum Gasteiger partial charge on any atom is 0.323 e. The first-order valence-electron chi connectivity index (χ1n) is 7.31. The Balaban J connectivity index is 2.01. The SMILES string of the molecule is O=C(O)CN1C(=O)C2(COc3cc(F)c(F)cc32)c2c(Br)cccc21. The van der Waals surface area contributed by atoms with Crippen LogP contribution in [0.4, 0.5) is 14.5 Å². The first-order valence-corrected chi connectivity index (χ1v) is 8.10. The second kappa shape index (κ2) is 5.26.